The van der Waals surface area contributed by atoms with Crippen LogP contribution >= 0.6 is 0 Å². The number of benzene rings is 2. The average Bonchev–Trinajstić information content (AvgIpc) is 2.85. The number of carbonyl (C=O) groups excluding carboxylic acids is 1. The minimum Gasteiger partial charge on any atom is -0.497 e. The van der Waals surface area contributed by atoms with Crippen molar-refractivity contribution >= 4 is 23.0 Å². The Morgan fingerprint density at radius 1 is 1.14 bits per heavy atom. The van der Waals surface area contributed by atoms with Crippen molar-refractivity contribution in [2.75, 3.05) is 18.2 Å². The summed E-state index contributed by atoms with van der Waals surface area (Å²) in [5.41, 5.74) is 11.9. The normalized spacial score (nSPS) is 15.7. The van der Waals surface area contributed by atoms with Gasteiger partial charge >= 0.3 is 0 Å². The molecule has 4 N–H and O–H groups in total. The van der Waals surface area contributed by atoms with Crippen LogP contribution in [0.25, 0.3) is 16.8 Å². The number of nitrogen functional groups attached to an aromatic ring is 1. The van der Waals surface area contributed by atoms with E-state index in [4.69, 9.17) is 10.5 Å². The number of hydrogen-bond donors (Lipinski definition) is 3. The fraction of sp³-hybridized carbons (Fsp3) is 0.130. The second-order valence-corrected chi connectivity index (χ2v) is 6.94. The standard InChI is InChI=1S/C23H22N4O2/c1-14-19-12-17(29-2)7-8-21(19)27-23(28)22(26-14)11-15-3-5-16(6-4-15)18-9-10-25-13-20(18)24/h3-10,12-13,22,26H,1,11,24H2,2H3,(H,27,28). The fourth-order valence-corrected chi connectivity index (χ4v) is 3.45. The van der Waals surface area contributed by atoms with Crippen LogP contribution in [0.5, 0.6) is 5.75 Å². The number of rotatable bonds is 4. The summed E-state index contributed by atoms with van der Waals surface area (Å²) < 4.78 is 5.28. The Bertz CT molecular complexity index is 1080. The summed E-state index contributed by atoms with van der Waals surface area (Å²) in [7, 11) is 1.61. The molecule has 29 heavy (non-hydrogen) atoms. The van der Waals surface area contributed by atoms with E-state index in [9.17, 15) is 4.79 Å². The second kappa shape index (κ2) is 7.67. The summed E-state index contributed by atoms with van der Waals surface area (Å²) in [6.45, 7) is 4.10. The van der Waals surface area contributed by atoms with E-state index < -0.39 is 6.04 Å². The number of fused-ring (bicyclic) bond motifs is 1. The fourth-order valence-electron chi connectivity index (χ4n) is 3.45. The van der Waals surface area contributed by atoms with Crippen LogP contribution in [0.4, 0.5) is 11.4 Å². The maximum atomic E-state index is 12.7. The number of hydrogen-bond acceptors (Lipinski definition) is 5. The molecule has 2 aromatic carbocycles. The zero-order valence-corrected chi connectivity index (χ0v) is 16.1. The molecule has 3 aromatic rings. The van der Waals surface area contributed by atoms with E-state index in [0.717, 1.165) is 27.9 Å². The van der Waals surface area contributed by atoms with E-state index in [1.54, 1.807) is 19.5 Å². The summed E-state index contributed by atoms with van der Waals surface area (Å²) in [4.78, 5) is 16.8. The van der Waals surface area contributed by atoms with E-state index in [-0.39, 0.29) is 5.91 Å². The molecule has 6 nitrogen and oxygen atoms in total. The number of amides is 1. The quantitative estimate of drug-likeness (QED) is 0.639. The molecule has 0 fully saturated rings. The number of nitrogens with one attached hydrogen (secondary N) is 2. The number of aromatic nitrogens is 1. The predicted octanol–water partition coefficient (Wildman–Crippen LogP) is 3.46. The molecule has 1 aliphatic heterocycles. The second-order valence-electron chi connectivity index (χ2n) is 6.94. The van der Waals surface area contributed by atoms with Crippen molar-refractivity contribution in [3.05, 3.63) is 78.6 Å². The Balaban J connectivity index is 1.53. The molecule has 1 amide bonds. The number of methoxy groups -OCH3 is 1. The molecule has 2 heterocycles. The van der Waals surface area contributed by atoms with Gasteiger partial charge in [0.1, 0.15) is 11.8 Å². The summed E-state index contributed by atoms with van der Waals surface area (Å²) in [6.07, 6.45) is 3.89. The lowest BCUT2D eigenvalue weighted by molar-refractivity contribution is -0.117. The van der Waals surface area contributed by atoms with Gasteiger partial charge in [-0.05, 0) is 35.4 Å². The van der Waals surface area contributed by atoms with E-state index in [1.807, 2.05) is 48.5 Å². The van der Waals surface area contributed by atoms with E-state index in [0.29, 0.717) is 23.6 Å². The Kier molecular flexibility index (Phi) is 4.91. The third kappa shape index (κ3) is 3.78. The summed E-state index contributed by atoms with van der Waals surface area (Å²) in [5.74, 6) is 0.614. The zero-order chi connectivity index (χ0) is 20.4. The topological polar surface area (TPSA) is 89.3 Å². The highest BCUT2D eigenvalue weighted by molar-refractivity contribution is 6.00. The van der Waals surface area contributed by atoms with Crippen LogP contribution in [-0.2, 0) is 11.2 Å². The molecule has 0 aliphatic carbocycles. The lowest BCUT2D eigenvalue weighted by atomic mass is 10.00. The number of ether oxygens (including phenoxy) is 1. The minimum atomic E-state index is -0.433. The molecule has 1 aliphatic rings. The number of carbonyl (C=O) groups is 1. The van der Waals surface area contributed by atoms with Gasteiger partial charge in [0.2, 0.25) is 5.91 Å². The monoisotopic (exact) mass is 386 g/mol. The van der Waals surface area contributed by atoms with Crippen molar-refractivity contribution < 1.29 is 9.53 Å². The molecule has 4 rings (SSSR count). The maximum absolute atomic E-state index is 12.7. The van der Waals surface area contributed by atoms with Crippen molar-refractivity contribution in [1.29, 1.82) is 0 Å². The van der Waals surface area contributed by atoms with Crippen molar-refractivity contribution in [3.63, 3.8) is 0 Å². The highest BCUT2D eigenvalue weighted by Crippen LogP contribution is 2.30. The Morgan fingerprint density at radius 3 is 2.66 bits per heavy atom. The van der Waals surface area contributed by atoms with Gasteiger partial charge in [-0.1, -0.05) is 30.8 Å². The smallest absolute Gasteiger partial charge is 0.247 e. The molecule has 1 atom stereocenters. The van der Waals surface area contributed by atoms with E-state index in [1.165, 1.54) is 0 Å². The van der Waals surface area contributed by atoms with Gasteiger partial charge in [0.15, 0.2) is 0 Å². The molecule has 1 aromatic heterocycles. The zero-order valence-electron chi connectivity index (χ0n) is 16.1. The van der Waals surface area contributed by atoms with Crippen molar-refractivity contribution in [2.24, 2.45) is 0 Å². The minimum absolute atomic E-state index is 0.0995. The van der Waals surface area contributed by atoms with Gasteiger partial charge in [-0.15, -0.1) is 0 Å². The van der Waals surface area contributed by atoms with Crippen molar-refractivity contribution in [2.45, 2.75) is 12.5 Å². The molecule has 0 spiro atoms. The Labute approximate surface area is 169 Å². The lowest BCUT2D eigenvalue weighted by Crippen LogP contribution is -2.39. The predicted molar refractivity (Wildman–Crippen MR) is 115 cm³/mol. The summed E-state index contributed by atoms with van der Waals surface area (Å²) in [5, 5.41) is 6.23. The maximum Gasteiger partial charge on any atom is 0.247 e. The first-order valence-corrected chi connectivity index (χ1v) is 9.28. The number of anilines is 2. The molecule has 0 saturated carbocycles. The molecule has 0 saturated heterocycles. The van der Waals surface area contributed by atoms with Crippen LogP contribution in [0.3, 0.4) is 0 Å². The largest absolute Gasteiger partial charge is 0.497 e. The van der Waals surface area contributed by atoms with Crippen molar-refractivity contribution in [3.8, 4) is 16.9 Å². The first kappa shape index (κ1) is 18.6. The molecular weight excluding hydrogens is 364 g/mol. The Morgan fingerprint density at radius 2 is 1.93 bits per heavy atom. The third-order valence-electron chi connectivity index (χ3n) is 5.03. The average molecular weight is 386 g/mol. The number of pyridine rings is 1. The van der Waals surface area contributed by atoms with E-state index >= 15 is 0 Å². The summed E-state index contributed by atoms with van der Waals surface area (Å²) >= 11 is 0. The van der Waals surface area contributed by atoms with Crippen LogP contribution < -0.4 is 21.1 Å². The van der Waals surface area contributed by atoms with Crippen LogP contribution in [0.2, 0.25) is 0 Å². The van der Waals surface area contributed by atoms with Gasteiger partial charge in [0.25, 0.3) is 0 Å². The highest BCUT2D eigenvalue weighted by Gasteiger charge is 2.25. The van der Waals surface area contributed by atoms with Crippen LogP contribution in [-0.4, -0.2) is 24.0 Å². The molecule has 6 heteroatoms. The van der Waals surface area contributed by atoms with Gasteiger partial charge in [-0.2, -0.15) is 0 Å². The SMILES string of the molecule is C=C1NC(Cc2ccc(-c3ccncc3N)cc2)C(=O)Nc2ccc(OC)cc21. The van der Waals surface area contributed by atoms with Gasteiger partial charge in [0.05, 0.1) is 24.7 Å². The molecule has 146 valence electrons. The van der Waals surface area contributed by atoms with E-state index in [2.05, 4.69) is 22.2 Å². The lowest BCUT2D eigenvalue weighted by Gasteiger charge is -2.17. The number of nitrogens with zero attached hydrogens (tertiary/aromatic N) is 1. The van der Waals surface area contributed by atoms with Gasteiger partial charge in [-0.3, -0.25) is 9.78 Å². The van der Waals surface area contributed by atoms with Gasteiger partial charge in [-0.25, -0.2) is 0 Å². The molecule has 0 radical (unpaired) electrons. The first-order valence-electron chi connectivity index (χ1n) is 9.28. The van der Waals surface area contributed by atoms with Gasteiger partial charge in [0, 0.05) is 29.4 Å². The molecular formula is C23H22N4O2. The first-order chi connectivity index (χ1) is 14.0. The molecule has 1 unspecified atom stereocenters. The Hall–Kier alpha value is -3.80. The van der Waals surface area contributed by atoms with Crippen LogP contribution in [0, 0.1) is 0 Å². The third-order valence-corrected chi connectivity index (χ3v) is 5.03. The van der Waals surface area contributed by atoms with Crippen LogP contribution in [0.1, 0.15) is 11.1 Å². The molecule has 0 bridgehead atoms. The summed E-state index contributed by atoms with van der Waals surface area (Å²) in [6, 6.07) is 15.0. The van der Waals surface area contributed by atoms with Gasteiger partial charge < -0.3 is 21.1 Å². The van der Waals surface area contributed by atoms with Crippen LogP contribution in [0.15, 0.2) is 67.5 Å². The highest BCUT2D eigenvalue weighted by atomic mass is 16.5. The number of nitrogens with two attached hydrogens (primary N) is 1. The van der Waals surface area contributed by atoms with Crippen molar-refractivity contribution in [1.82, 2.24) is 10.3 Å².